The van der Waals surface area contributed by atoms with Gasteiger partial charge < -0.3 is 4.52 Å². The smallest absolute Gasteiger partial charge is 0.331 e. The summed E-state index contributed by atoms with van der Waals surface area (Å²) in [5.41, 5.74) is 1.36. The summed E-state index contributed by atoms with van der Waals surface area (Å²) in [6.45, 7) is 2.51. The molecule has 25 heavy (non-hydrogen) atoms. The minimum absolute atomic E-state index is 0.225. The minimum Gasteiger partial charge on any atom is -0.339 e. The van der Waals surface area contributed by atoms with Gasteiger partial charge in [-0.2, -0.15) is 4.98 Å². The Hall–Kier alpha value is -2.96. The molecule has 0 bridgehead atoms. The van der Waals surface area contributed by atoms with Crippen molar-refractivity contribution in [1.82, 2.24) is 19.3 Å². The third kappa shape index (κ3) is 2.71. The van der Waals surface area contributed by atoms with E-state index in [-0.39, 0.29) is 23.6 Å². The molecule has 0 saturated heterocycles. The van der Waals surface area contributed by atoms with Gasteiger partial charge in [0.2, 0.25) is 11.7 Å². The predicted molar refractivity (Wildman–Crippen MR) is 91.5 cm³/mol. The SMILES string of the molecule is Cc1nc(-c2c3n(c(=O)n(Cc4ccccc4)c2=O)CCCC3)no1. The Morgan fingerprint density at radius 1 is 1.16 bits per heavy atom. The molecule has 3 aromatic rings. The van der Waals surface area contributed by atoms with E-state index in [1.54, 1.807) is 11.5 Å². The molecule has 0 aliphatic carbocycles. The van der Waals surface area contributed by atoms with Crippen LogP contribution in [-0.2, 0) is 19.5 Å². The number of nitrogens with zero attached hydrogens (tertiary/aromatic N) is 4. The minimum atomic E-state index is -0.359. The van der Waals surface area contributed by atoms with E-state index in [1.165, 1.54) is 4.57 Å². The monoisotopic (exact) mass is 338 g/mol. The first-order valence-electron chi connectivity index (χ1n) is 8.36. The van der Waals surface area contributed by atoms with E-state index in [0.717, 1.165) is 18.4 Å². The Kier molecular flexibility index (Phi) is 3.83. The van der Waals surface area contributed by atoms with Gasteiger partial charge in [0.25, 0.3) is 5.56 Å². The van der Waals surface area contributed by atoms with Crippen LogP contribution in [0.4, 0.5) is 0 Å². The highest BCUT2D eigenvalue weighted by molar-refractivity contribution is 5.56. The highest BCUT2D eigenvalue weighted by Crippen LogP contribution is 2.21. The van der Waals surface area contributed by atoms with Crippen LogP contribution in [0.5, 0.6) is 0 Å². The summed E-state index contributed by atoms with van der Waals surface area (Å²) in [5.74, 6) is 0.653. The summed E-state index contributed by atoms with van der Waals surface area (Å²) in [6, 6.07) is 9.47. The molecule has 2 aromatic heterocycles. The average Bonchev–Trinajstić information content (AvgIpc) is 3.06. The largest absolute Gasteiger partial charge is 0.339 e. The molecule has 0 fully saturated rings. The molecule has 0 amide bonds. The van der Waals surface area contributed by atoms with Crippen LogP contribution in [-0.4, -0.2) is 19.3 Å². The molecule has 128 valence electrons. The molecule has 7 heteroatoms. The second-order valence-corrected chi connectivity index (χ2v) is 6.23. The van der Waals surface area contributed by atoms with Crippen molar-refractivity contribution in [1.29, 1.82) is 0 Å². The van der Waals surface area contributed by atoms with Crippen molar-refractivity contribution in [2.75, 3.05) is 0 Å². The summed E-state index contributed by atoms with van der Waals surface area (Å²) in [6.07, 6.45) is 2.52. The lowest BCUT2D eigenvalue weighted by Crippen LogP contribution is -2.44. The predicted octanol–water partition coefficient (Wildman–Crippen LogP) is 1.75. The van der Waals surface area contributed by atoms with Crippen molar-refractivity contribution < 1.29 is 4.52 Å². The molecule has 7 nitrogen and oxygen atoms in total. The molecular weight excluding hydrogens is 320 g/mol. The van der Waals surface area contributed by atoms with Crippen LogP contribution < -0.4 is 11.2 Å². The van der Waals surface area contributed by atoms with E-state index >= 15 is 0 Å². The summed E-state index contributed by atoms with van der Waals surface area (Å²) >= 11 is 0. The van der Waals surface area contributed by atoms with Gasteiger partial charge in [-0.1, -0.05) is 35.5 Å². The van der Waals surface area contributed by atoms with E-state index in [0.29, 0.717) is 30.1 Å². The zero-order valence-corrected chi connectivity index (χ0v) is 13.9. The lowest BCUT2D eigenvalue weighted by atomic mass is 10.0. The molecule has 4 rings (SSSR count). The van der Waals surface area contributed by atoms with E-state index < -0.39 is 0 Å². The fraction of sp³-hybridized carbons (Fsp3) is 0.333. The number of hydrogen-bond donors (Lipinski definition) is 0. The van der Waals surface area contributed by atoms with Crippen molar-refractivity contribution in [3.05, 3.63) is 68.3 Å². The second-order valence-electron chi connectivity index (χ2n) is 6.23. The van der Waals surface area contributed by atoms with Crippen molar-refractivity contribution in [2.24, 2.45) is 0 Å². The topological polar surface area (TPSA) is 82.9 Å². The molecule has 1 aromatic carbocycles. The summed E-state index contributed by atoms with van der Waals surface area (Å²) in [5, 5.41) is 3.92. The zero-order valence-electron chi connectivity index (χ0n) is 13.9. The van der Waals surface area contributed by atoms with Gasteiger partial charge in [-0.3, -0.25) is 13.9 Å². The van der Waals surface area contributed by atoms with Gasteiger partial charge in [0, 0.05) is 19.2 Å². The lowest BCUT2D eigenvalue weighted by molar-refractivity contribution is 0.394. The van der Waals surface area contributed by atoms with Crippen LogP contribution in [0.15, 0.2) is 44.4 Å². The van der Waals surface area contributed by atoms with Crippen molar-refractivity contribution in [3.63, 3.8) is 0 Å². The molecule has 0 radical (unpaired) electrons. The van der Waals surface area contributed by atoms with Crippen molar-refractivity contribution in [2.45, 2.75) is 39.3 Å². The van der Waals surface area contributed by atoms with E-state index in [4.69, 9.17) is 4.52 Å². The number of fused-ring (bicyclic) bond motifs is 1. The molecule has 1 aliphatic heterocycles. The van der Waals surface area contributed by atoms with Crippen LogP contribution in [0.25, 0.3) is 11.4 Å². The van der Waals surface area contributed by atoms with Gasteiger partial charge in [-0.25, -0.2) is 4.79 Å². The Morgan fingerprint density at radius 2 is 1.96 bits per heavy atom. The number of hydrogen-bond acceptors (Lipinski definition) is 5. The first-order valence-corrected chi connectivity index (χ1v) is 8.36. The molecule has 0 atom stereocenters. The van der Waals surface area contributed by atoms with Crippen LogP contribution in [0.2, 0.25) is 0 Å². The third-order valence-corrected chi connectivity index (χ3v) is 4.52. The number of benzene rings is 1. The van der Waals surface area contributed by atoms with Gasteiger partial charge in [-0.05, 0) is 24.8 Å². The number of aromatic nitrogens is 4. The highest BCUT2D eigenvalue weighted by Gasteiger charge is 2.25. The van der Waals surface area contributed by atoms with Gasteiger partial charge in [-0.15, -0.1) is 0 Å². The Morgan fingerprint density at radius 3 is 2.68 bits per heavy atom. The molecule has 0 saturated carbocycles. The quantitative estimate of drug-likeness (QED) is 0.726. The second kappa shape index (κ2) is 6.16. The summed E-state index contributed by atoms with van der Waals surface area (Å²) < 4.78 is 8.02. The van der Waals surface area contributed by atoms with Crippen LogP contribution >= 0.6 is 0 Å². The summed E-state index contributed by atoms with van der Waals surface area (Å²) in [7, 11) is 0. The normalized spacial score (nSPS) is 13.6. The van der Waals surface area contributed by atoms with Gasteiger partial charge >= 0.3 is 5.69 Å². The fourth-order valence-corrected chi connectivity index (χ4v) is 3.33. The number of aryl methyl sites for hydroxylation is 1. The Balaban J connectivity index is 1.96. The molecule has 1 aliphatic rings. The van der Waals surface area contributed by atoms with Gasteiger partial charge in [0.05, 0.1) is 6.54 Å². The van der Waals surface area contributed by atoms with Crippen molar-refractivity contribution >= 4 is 0 Å². The Bertz CT molecular complexity index is 1030. The first-order chi connectivity index (χ1) is 12.1. The molecule has 3 heterocycles. The summed E-state index contributed by atoms with van der Waals surface area (Å²) in [4.78, 5) is 30.2. The maximum Gasteiger partial charge on any atom is 0.331 e. The molecule has 0 N–H and O–H groups in total. The first kappa shape index (κ1) is 15.6. The lowest BCUT2D eigenvalue weighted by Gasteiger charge is -2.21. The fourth-order valence-electron chi connectivity index (χ4n) is 3.33. The average molecular weight is 338 g/mol. The van der Waals surface area contributed by atoms with Crippen LogP contribution in [0, 0.1) is 6.92 Å². The Labute approximate surface area is 143 Å². The molecule has 0 spiro atoms. The number of rotatable bonds is 3. The van der Waals surface area contributed by atoms with Gasteiger partial charge in [0.15, 0.2) is 0 Å². The van der Waals surface area contributed by atoms with Crippen LogP contribution in [0.1, 0.15) is 30.0 Å². The van der Waals surface area contributed by atoms with E-state index in [2.05, 4.69) is 10.1 Å². The maximum absolute atomic E-state index is 13.1. The van der Waals surface area contributed by atoms with E-state index in [1.807, 2.05) is 30.3 Å². The van der Waals surface area contributed by atoms with E-state index in [9.17, 15) is 9.59 Å². The zero-order chi connectivity index (χ0) is 17.4. The maximum atomic E-state index is 13.1. The third-order valence-electron chi connectivity index (χ3n) is 4.52. The van der Waals surface area contributed by atoms with Crippen molar-refractivity contribution in [3.8, 4) is 11.4 Å². The highest BCUT2D eigenvalue weighted by atomic mass is 16.5. The van der Waals surface area contributed by atoms with Crippen LogP contribution in [0.3, 0.4) is 0 Å². The molecular formula is C18H18N4O3. The van der Waals surface area contributed by atoms with Gasteiger partial charge in [0.1, 0.15) is 5.56 Å². The standard InChI is InChI=1S/C18H18N4O3/c1-12-19-16(20-25-12)15-14-9-5-6-10-21(14)18(24)22(17(15)23)11-13-7-3-2-4-8-13/h2-4,7-8H,5-6,9-11H2,1H3. The molecule has 0 unspecified atom stereocenters.